The maximum absolute atomic E-state index is 12.5. The molecule has 1 fully saturated rings. The highest BCUT2D eigenvalue weighted by Crippen LogP contribution is 2.37. The van der Waals surface area contributed by atoms with E-state index in [-0.39, 0.29) is 17.9 Å². The molecule has 0 radical (unpaired) electrons. The van der Waals surface area contributed by atoms with Crippen molar-refractivity contribution in [3.05, 3.63) is 53.6 Å². The SMILES string of the molecule is CCCCOC(=O)c1ccc2c(c1)NC(=O)CC2N1CCN(c2ccccc2OC)CC1. The molecule has 1 amide bonds. The Balaban J connectivity index is 1.46. The molecule has 0 bridgehead atoms. The molecule has 1 N–H and O–H groups in total. The molecule has 1 unspecified atom stereocenters. The van der Waals surface area contributed by atoms with Crippen molar-refractivity contribution in [2.45, 2.75) is 32.2 Å². The fraction of sp³-hybridized carbons (Fsp3) is 0.440. The van der Waals surface area contributed by atoms with E-state index < -0.39 is 0 Å². The van der Waals surface area contributed by atoms with Gasteiger partial charge in [-0.2, -0.15) is 0 Å². The molecule has 2 heterocycles. The minimum atomic E-state index is -0.344. The lowest BCUT2D eigenvalue weighted by molar-refractivity contribution is -0.117. The van der Waals surface area contributed by atoms with Crippen LogP contribution in [0.2, 0.25) is 0 Å². The van der Waals surface area contributed by atoms with Crippen LogP contribution < -0.4 is 15.0 Å². The van der Waals surface area contributed by atoms with Crippen LogP contribution in [-0.2, 0) is 9.53 Å². The van der Waals surface area contributed by atoms with Gasteiger partial charge in [0.15, 0.2) is 0 Å². The third-order valence-electron chi connectivity index (χ3n) is 6.21. The van der Waals surface area contributed by atoms with E-state index >= 15 is 0 Å². The number of anilines is 2. The van der Waals surface area contributed by atoms with Crippen LogP contribution in [0.1, 0.15) is 48.1 Å². The van der Waals surface area contributed by atoms with Gasteiger partial charge in [-0.25, -0.2) is 4.79 Å². The molecule has 1 atom stereocenters. The number of esters is 1. The lowest BCUT2D eigenvalue weighted by atomic mass is 9.94. The molecule has 170 valence electrons. The number of carbonyl (C=O) groups excluding carboxylic acids is 2. The molecule has 2 aliphatic heterocycles. The Labute approximate surface area is 189 Å². The number of methoxy groups -OCH3 is 1. The number of hydrogen-bond acceptors (Lipinski definition) is 6. The van der Waals surface area contributed by atoms with Crippen molar-refractivity contribution >= 4 is 23.3 Å². The van der Waals surface area contributed by atoms with E-state index in [2.05, 4.69) is 28.1 Å². The van der Waals surface area contributed by atoms with Gasteiger partial charge in [0.1, 0.15) is 5.75 Å². The highest BCUT2D eigenvalue weighted by molar-refractivity contribution is 5.97. The summed E-state index contributed by atoms with van der Waals surface area (Å²) in [5.41, 5.74) is 3.34. The second kappa shape index (κ2) is 10.0. The topological polar surface area (TPSA) is 71.1 Å². The fourth-order valence-electron chi connectivity index (χ4n) is 4.45. The smallest absolute Gasteiger partial charge is 0.338 e. The van der Waals surface area contributed by atoms with E-state index in [4.69, 9.17) is 9.47 Å². The predicted octanol–water partition coefficient (Wildman–Crippen LogP) is 3.86. The number of rotatable bonds is 7. The zero-order valence-corrected chi connectivity index (χ0v) is 18.8. The average molecular weight is 438 g/mol. The number of fused-ring (bicyclic) bond motifs is 1. The van der Waals surface area contributed by atoms with Crippen LogP contribution in [0, 0.1) is 0 Å². The summed E-state index contributed by atoms with van der Waals surface area (Å²) in [4.78, 5) is 29.5. The number of benzene rings is 2. The van der Waals surface area contributed by atoms with Crippen LogP contribution in [0.3, 0.4) is 0 Å². The van der Waals surface area contributed by atoms with Crippen LogP contribution in [0.4, 0.5) is 11.4 Å². The maximum Gasteiger partial charge on any atom is 0.338 e. The Kier molecular flexibility index (Phi) is 6.95. The monoisotopic (exact) mass is 437 g/mol. The summed E-state index contributed by atoms with van der Waals surface area (Å²) in [5, 5.41) is 2.94. The van der Waals surface area contributed by atoms with Gasteiger partial charge in [0.05, 0.1) is 25.0 Å². The summed E-state index contributed by atoms with van der Waals surface area (Å²) in [6, 6.07) is 13.6. The van der Waals surface area contributed by atoms with Crippen molar-refractivity contribution in [1.29, 1.82) is 0 Å². The predicted molar refractivity (Wildman–Crippen MR) is 124 cm³/mol. The van der Waals surface area contributed by atoms with Gasteiger partial charge in [-0.3, -0.25) is 9.69 Å². The number of hydrogen-bond donors (Lipinski definition) is 1. The van der Waals surface area contributed by atoms with E-state index in [0.717, 1.165) is 56.0 Å². The summed E-state index contributed by atoms with van der Waals surface area (Å²) in [7, 11) is 1.69. The molecule has 0 aliphatic carbocycles. The number of nitrogens with zero attached hydrogens (tertiary/aromatic N) is 2. The normalized spacial score (nSPS) is 18.6. The Morgan fingerprint density at radius 2 is 1.91 bits per heavy atom. The van der Waals surface area contributed by atoms with E-state index in [0.29, 0.717) is 24.3 Å². The summed E-state index contributed by atoms with van der Waals surface area (Å²) in [6.07, 6.45) is 2.23. The minimum absolute atomic E-state index is 0.00345. The van der Waals surface area contributed by atoms with Crippen LogP contribution in [-0.4, -0.2) is 56.7 Å². The van der Waals surface area contributed by atoms with Crippen molar-refractivity contribution in [2.24, 2.45) is 0 Å². The van der Waals surface area contributed by atoms with Crippen LogP contribution in [0.15, 0.2) is 42.5 Å². The molecule has 2 aromatic carbocycles. The van der Waals surface area contributed by atoms with Crippen LogP contribution in [0.5, 0.6) is 5.75 Å². The number of unbranched alkanes of at least 4 members (excludes halogenated alkanes) is 1. The Morgan fingerprint density at radius 3 is 2.66 bits per heavy atom. The molecular formula is C25H31N3O4. The second-order valence-electron chi connectivity index (χ2n) is 8.25. The average Bonchev–Trinajstić information content (AvgIpc) is 2.83. The van der Waals surface area contributed by atoms with Crippen LogP contribution in [0.25, 0.3) is 0 Å². The van der Waals surface area contributed by atoms with Crippen molar-refractivity contribution in [3.8, 4) is 5.75 Å². The number of carbonyl (C=O) groups is 2. The molecule has 0 saturated carbocycles. The first-order valence-electron chi connectivity index (χ1n) is 11.3. The molecule has 7 nitrogen and oxygen atoms in total. The highest BCUT2D eigenvalue weighted by atomic mass is 16.5. The molecule has 32 heavy (non-hydrogen) atoms. The lowest BCUT2D eigenvalue weighted by Crippen LogP contribution is -2.49. The second-order valence-corrected chi connectivity index (χ2v) is 8.25. The van der Waals surface area contributed by atoms with E-state index in [1.807, 2.05) is 30.3 Å². The molecule has 2 aliphatic rings. The van der Waals surface area contributed by atoms with Gasteiger partial charge in [0, 0.05) is 44.3 Å². The molecule has 0 spiro atoms. The Hall–Kier alpha value is -3.06. The fourth-order valence-corrected chi connectivity index (χ4v) is 4.45. The standard InChI is InChI=1S/C25H31N3O4/c1-3-4-15-32-25(30)18-9-10-19-20(16-18)26-24(29)17-22(19)28-13-11-27(12-14-28)21-7-5-6-8-23(21)31-2/h5-10,16,22H,3-4,11-15,17H2,1-2H3,(H,26,29). The molecule has 2 aromatic rings. The number of para-hydroxylation sites is 2. The van der Waals surface area contributed by atoms with Gasteiger partial charge in [0.25, 0.3) is 0 Å². The zero-order chi connectivity index (χ0) is 22.5. The summed E-state index contributed by atoms with van der Waals surface area (Å²) < 4.78 is 10.8. The first-order valence-corrected chi connectivity index (χ1v) is 11.3. The van der Waals surface area contributed by atoms with Gasteiger partial charge in [-0.15, -0.1) is 0 Å². The van der Waals surface area contributed by atoms with Crippen molar-refractivity contribution in [3.63, 3.8) is 0 Å². The first kappa shape index (κ1) is 22.1. The molecular weight excluding hydrogens is 406 g/mol. The van der Waals surface area contributed by atoms with Gasteiger partial charge < -0.3 is 19.7 Å². The quantitative estimate of drug-likeness (QED) is 0.524. The summed E-state index contributed by atoms with van der Waals surface area (Å²) >= 11 is 0. The Bertz CT molecular complexity index is 969. The van der Waals surface area contributed by atoms with Crippen molar-refractivity contribution < 1.29 is 19.1 Å². The first-order chi connectivity index (χ1) is 15.6. The van der Waals surface area contributed by atoms with Gasteiger partial charge in [-0.05, 0) is 36.2 Å². The lowest BCUT2D eigenvalue weighted by Gasteiger charge is -2.42. The van der Waals surface area contributed by atoms with Gasteiger partial charge in [-0.1, -0.05) is 31.5 Å². The largest absolute Gasteiger partial charge is 0.495 e. The number of nitrogens with one attached hydrogen (secondary N) is 1. The van der Waals surface area contributed by atoms with Crippen molar-refractivity contribution in [1.82, 2.24) is 4.90 Å². The Morgan fingerprint density at radius 1 is 1.12 bits per heavy atom. The molecule has 0 aromatic heterocycles. The van der Waals surface area contributed by atoms with E-state index in [1.165, 1.54) is 0 Å². The minimum Gasteiger partial charge on any atom is -0.495 e. The number of amides is 1. The van der Waals surface area contributed by atoms with E-state index in [9.17, 15) is 9.59 Å². The molecule has 1 saturated heterocycles. The number of ether oxygens (including phenoxy) is 2. The summed E-state index contributed by atoms with van der Waals surface area (Å²) in [5.74, 6) is 0.510. The molecule has 7 heteroatoms. The highest BCUT2D eigenvalue weighted by Gasteiger charge is 2.32. The number of piperazine rings is 1. The maximum atomic E-state index is 12.5. The summed E-state index contributed by atoms with van der Waals surface area (Å²) in [6.45, 7) is 5.87. The van der Waals surface area contributed by atoms with Crippen LogP contribution >= 0.6 is 0 Å². The third-order valence-corrected chi connectivity index (χ3v) is 6.21. The zero-order valence-electron chi connectivity index (χ0n) is 18.8. The van der Waals surface area contributed by atoms with Crippen molar-refractivity contribution in [2.75, 3.05) is 50.1 Å². The van der Waals surface area contributed by atoms with Gasteiger partial charge >= 0.3 is 5.97 Å². The third kappa shape index (κ3) is 4.72. The molecule has 4 rings (SSSR count). The van der Waals surface area contributed by atoms with E-state index in [1.54, 1.807) is 13.2 Å². The van der Waals surface area contributed by atoms with Gasteiger partial charge in [0.2, 0.25) is 5.91 Å².